The summed E-state index contributed by atoms with van der Waals surface area (Å²) in [5.74, 6) is -0.491. The van der Waals surface area contributed by atoms with Crippen LogP contribution in [0.4, 0.5) is 8.78 Å². The molecule has 0 aromatic carbocycles. The molecule has 0 aliphatic heterocycles. The molecule has 0 aliphatic rings. The predicted octanol–water partition coefficient (Wildman–Crippen LogP) is 0.610. The quantitative estimate of drug-likeness (QED) is 0.782. The van der Waals surface area contributed by atoms with Crippen molar-refractivity contribution in [3.05, 3.63) is 17.7 Å². The van der Waals surface area contributed by atoms with Crippen molar-refractivity contribution >= 4 is 5.91 Å². The summed E-state index contributed by atoms with van der Waals surface area (Å²) in [6.07, 6.45) is -1.43. The van der Waals surface area contributed by atoms with E-state index in [1.807, 2.05) is 0 Å². The molecule has 1 N–H and O–H groups in total. The number of aromatic nitrogens is 2. The third-order valence-corrected chi connectivity index (χ3v) is 1.96. The zero-order chi connectivity index (χ0) is 10.7. The van der Waals surface area contributed by atoms with Crippen molar-refractivity contribution in [1.29, 1.82) is 0 Å². The molecule has 0 unspecified atom stereocenters. The summed E-state index contributed by atoms with van der Waals surface area (Å²) in [6, 6.07) is 0. The minimum absolute atomic E-state index is 0.0700. The van der Waals surface area contributed by atoms with Crippen molar-refractivity contribution in [3.8, 4) is 0 Å². The van der Waals surface area contributed by atoms with Crippen LogP contribution in [0.3, 0.4) is 0 Å². The third kappa shape index (κ3) is 2.27. The smallest absolute Gasteiger partial charge is 0.315 e. The van der Waals surface area contributed by atoms with Gasteiger partial charge >= 0.3 is 6.43 Å². The Balaban J connectivity index is 2.54. The maximum Gasteiger partial charge on any atom is 0.315 e. The van der Waals surface area contributed by atoms with Crippen LogP contribution >= 0.6 is 0 Å². The first-order valence-electron chi connectivity index (χ1n) is 4.05. The molecule has 0 saturated carbocycles. The van der Waals surface area contributed by atoms with Gasteiger partial charge in [-0.3, -0.25) is 4.79 Å². The third-order valence-electron chi connectivity index (χ3n) is 1.96. The summed E-state index contributed by atoms with van der Waals surface area (Å²) in [5.41, 5.74) is 0.691. The molecule has 0 radical (unpaired) electrons. The second kappa shape index (κ2) is 4.17. The number of hydrogen-bond donors (Lipinski definition) is 1. The first kappa shape index (κ1) is 10.6. The molecule has 1 rings (SSSR count). The predicted molar refractivity (Wildman–Crippen MR) is 45.8 cm³/mol. The molecule has 4 nitrogen and oxygen atoms in total. The Bertz CT molecular complexity index is 335. The van der Waals surface area contributed by atoms with E-state index in [0.717, 1.165) is 5.82 Å². The highest BCUT2D eigenvalue weighted by Crippen LogP contribution is 2.01. The first-order valence-corrected chi connectivity index (χ1v) is 4.05. The Morgan fingerprint density at radius 3 is 2.79 bits per heavy atom. The lowest BCUT2D eigenvalue weighted by atomic mass is 10.4. The van der Waals surface area contributed by atoms with Gasteiger partial charge < -0.3 is 9.88 Å². The number of alkyl halides is 2. The molecule has 78 valence electrons. The highest BCUT2D eigenvalue weighted by molar-refractivity contribution is 5.78. The zero-order valence-electron chi connectivity index (χ0n) is 7.92. The molecule has 1 aromatic rings. The van der Waals surface area contributed by atoms with Gasteiger partial charge in [0, 0.05) is 7.05 Å². The van der Waals surface area contributed by atoms with Crippen molar-refractivity contribution in [2.75, 3.05) is 0 Å². The lowest BCUT2D eigenvalue weighted by Gasteiger charge is -2.05. The van der Waals surface area contributed by atoms with E-state index >= 15 is 0 Å². The Hall–Kier alpha value is -1.46. The van der Waals surface area contributed by atoms with Gasteiger partial charge in [-0.2, -0.15) is 8.78 Å². The largest absolute Gasteiger partial charge is 0.346 e. The number of rotatable bonds is 3. The molecule has 14 heavy (non-hydrogen) atoms. The topological polar surface area (TPSA) is 46.9 Å². The van der Waals surface area contributed by atoms with E-state index in [-0.39, 0.29) is 6.54 Å². The number of imidazole rings is 1. The van der Waals surface area contributed by atoms with Gasteiger partial charge in [0.1, 0.15) is 5.82 Å². The average molecular weight is 203 g/mol. The summed E-state index contributed by atoms with van der Waals surface area (Å²) in [5, 5.41) is 2.10. The van der Waals surface area contributed by atoms with Gasteiger partial charge in [-0.1, -0.05) is 0 Å². The lowest BCUT2D eigenvalue weighted by molar-refractivity contribution is -0.131. The Kier molecular flexibility index (Phi) is 3.16. The molecule has 0 fully saturated rings. The number of carbonyl (C=O) groups is 1. The fraction of sp³-hybridized carbons (Fsp3) is 0.500. The Labute approximate surface area is 79.9 Å². The van der Waals surface area contributed by atoms with Gasteiger partial charge in [-0.15, -0.1) is 0 Å². The van der Waals surface area contributed by atoms with Gasteiger partial charge in [0.25, 0.3) is 5.91 Å². The van der Waals surface area contributed by atoms with E-state index < -0.39 is 12.3 Å². The molecule has 1 heterocycles. The van der Waals surface area contributed by atoms with Crippen molar-refractivity contribution in [2.24, 2.45) is 7.05 Å². The van der Waals surface area contributed by atoms with Crippen LogP contribution in [0.2, 0.25) is 0 Å². The molecule has 0 spiro atoms. The second-order valence-corrected chi connectivity index (χ2v) is 2.87. The highest BCUT2D eigenvalue weighted by atomic mass is 19.3. The number of nitrogens with zero attached hydrogens (tertiary/aromatic N) is 2. The minimum atomic E-state index is -2.97. The van der Waals surface area contributed by atoms with Crippen LogP contribution in [0.5, 0.6) is 0 Å². The van der Waals surface area contributed by atoms with Gasteiger partial charge in [0.05, 0.1) is 18.4 Å². The Morgan fingerprint density at radius 2 is 2.36 bits per heavy atom. The summed E-state index contributed by atoms with van der Waals surface area (Å²) in [6.45, 7) is 1.86. The maximum atomic E-state index is 11.8. The first-order chi connectivity index (χ1) is 6.52. The van der Waals surface area contributed by atoms with Crippen LogP contribution in [0, 0.1) is 6.92 Å². The molecule has 0 aliphatic carbocycles. The van der Waals surface area contributed by atoms with Crippen LogP contribution in [0.25, 0.3) is 0 Å². The van der Waals surface area contributed by atoms with Crippen LogP contribution in [-0.2, 0) is 18.4 Å². The Morgan fingerprint density at radius 1 is 1.71 bits per heavy atom. The number of amides is 1. The summed E-state index contributed by atoms with van der Waals surface area (Å²) in [4.78, 5) is 14.5. The molecule has 0 saturated heterocycles. The number of carbonyl (C=O) groups excluding carboxylic acids is 1. The normalized spacial score (nSPS) is 10.6. The van der Waals surface area contributed by atoms with Gasteiger partial charge in [-0.05, 0) is 6.92 Å². The van der Waals surface area contributed by atoms with Crippen LogP contribution < -0.4 is 5.32 Å². The van der Waals surface area contributed by atoms with Crippen LogP contribution in [0.15, 0.2) is 6.20 Å². The standard InChI is InChI=1S/C8H11F2N3O/c1-5-11-3-6(13(5)2)4-12-8(14)7(9)10/h3,7H,4H2,1-2H3,(H,12,14). The molecule has 1 amide bonds. The lowest BCUT2D eigenvalue weighted by Crippen LogP contribution is -2.29. The SMILES string of the molecule is Cc1ncc(CNC(=O)C(F)F)n1C. The number of aryl methyl sites for hydroxylation is 1. The van der Waals surface area contributed by atoms with Gasteiger partial charge in [-0.25, -0.2) is 4.98 Å². The molecule has 1 aromatic heterocycles. The average Bonchev–Trinajstić information content (AvgIpc) is 2.44. The van der Waals surface area contributed by atoms with Crippen LogP contribution in [-0.4, -0.2) is 21.9 Å². The van der Waals surface area contributed by atoms with Crippen molar-refractivity contribution in [2.45, 2.75) is 19.9 Å². The fourth-order valence-corrected chi connectivity index (χ4v) is 0.968. The van der Waals surface area contributed by atoms with Gasteiger partial charge in [0.2, 0.25) is 0 Å². The van der Waals surface area contributed by atoms with Gasteiger partial charge in [0.15, 0.2) is 0 Å². The molecular weight excluding hydrogens is 192 g/mol. The van der Waals surface area contributed by atoms with E-state index in [2.05, 4.69) is 10.3 Å². The number of halogens is 2. The number of nitrogens with one attached hydrogen (secondary N) is 1. The van der Waals surface area contributed by atoms with Crippen molar-refractivity contribution in [3.63, 3.8) is 0 Å². The number of hydrogen-bond acceptors (Lipinski definition) is 2. The molecule has 6 heteroatoms. The molecular formula is C8H11F2N3O. The molecule has 0 atom stereocenters. The highest BCUT2D eigenvalue weighted by Gasteiger charge is 2.14. The zero-order valence-corrected chi connectivity index (χ0v) is 7.92. The maximum absolute atomic E-state index is 11.8. The van der Waals surface area contributed by atoms with E-state index in [9.17, 15) is 13.6 Å². The van der Waals surface area contributed by atoms with Crippen molar-refractivity contribution < 1.29 is 13.6 Å². The summed E-state index contributed by atoms with van der Waals surface area (Å²) < 4.78 is 25.3. The van der Waals surface area contributed by atoms with Crippen LogP contribution in [0.1, 0.15) is 11.5 Å². The van der Waals surface area contributed by atoms with E-state index in [0.29, 0.717) is 5.69 Å². The monoisotopic (exact) mass is 203 g/mol. The molecule has 0 bridgehead atoms. The summed E-state index contributed by atoms with van der Waals surface area (Å²) >= 11 is 0. The fourth-order valence-electron chi connectivity index (χ4n) is 0.968. The van der Waals surface area contributed by atoms with E-state index in [4.69, 9.17) is 0 Å². The minimum Gasteiger partial charge on any atom is -0.346 e. The summed E-state index contributed by atoms with van der Waals surface area (Å²) in [7, 11) is 1.76. The second-order valence-electron chi connectivity index (χ2n) is 2.87. The van der Waals surface area contributed by atoms with Crippen molar-refractivity contribution in [1.82, 2.24) is 14.9 Å². The van der Waals surface area contributed by atoms with E-state index in [1.165, 1.54) is 0 Å². The van der Waals surface area contributed by atoms with E-state index in [1.54, 1.807) is 24.7 Å².